The van der Waals surface area contributed by atoms with E-state index in [0.717, 1.165) is 96.3 Å². The Morgan fingerprint density at radius 3 is 0.910 bits per heavy atom. The van der Waals surface area contributed by atoms with E-state index in [0.29, 0.717) is 19.3 Å². The Bertz CT molecular complexity index is 1170. The zero-order chi connectivity index (χ0) is 48.6. The van der Waals surface area contributed by atoms with Crippen molar-refractivity contribution in [2.24, 2.45) is 0 Å². The van der Waals surface area contributed by atoms with Crippen molar-refractivity contribution in [1.82, 2.24) is 0 Å². The normalized spacial score (nSPS) is 12.3. The van der Waals surface area contributed by atoms with Crippen molar-refractivity contribution >= 4 is 17.9 Å². The quantitative estimate of drug-likeness (QED) is 0.0262. The maximum absolute atomic E-state index is 12.8. The second kappa shape index (κ2) is 56.0. The van der Waals surface area contributed by atoms with Crippen LogP contribution < -0.4 is 0 Å². The summed E-state index contributed by atoms with van der Waals surface area (Å²) in [6.07, 6.45) is 68.6. The van der Waals surface area contributed by atoms with E-state index >= 15 is 0 Å². The molecule has 0 aromatic rings. The maximum Gasteiger partial charge on any atom is 0.306 e. The number of carbonyl (C=O) groups is 3. The molecule has 6 nitrogen and oxygen atoms in total. The van der Waals surface area contributed by atoms with Crippen molar-refractivity contribution in [2.75, 3.05) is 13.2 Å². The monoisotopic (exact) mass is 939 g/mol. The Hall–Kier alpha value is -2.63. The Morgan fingerprint density at radius 1 is 0.313 bits per heavy atom. The predicted molar refractivity (Wildman–Crippen MR) is 289 cm³/mol. The van der Waals surface area contributed by atoms with Crippen molar-refractivity contribution < 1.29 is 28.6 Å². The molecule has 6 heteroatoms. The van der Waals surface area contributed by atoms with Gasteiger partial charge in [-0.25, -0.2) is 0 Å². The summed E-state index contributed by atoms with van der Waals surface area (Å²) in [7, 11) is 0. The third kappa shape index (κ3) is 54.2. The van der Waals surface area contributed by atoms with Crippen molar-refractivity contribution in [3.05, 3.63) is 48.6 Å². The molecular formula is C61H110O6. The van der Waals surface area contributed by atoms with Gasteiger partial charge < -0.3 is 14.2 Å². The molecule has 0 fully saturated rings. The van der Waals surface area contributed by atoms with Crippen LogP contribution in [0.3, 0.4) is 0 Å². The van der Waals surface area contributed by atoms with E-state index in [4.69, 9.17) is 14.2 Å². The zero-order valence-electron chi connectivity index (χ0n) is 44.7. The fraction of sp³-hybridized carbons (Fsp3) is 0.820. The van der Waals surface area contributed by atoms with Gasteiger partial charge >= 0.3 is 17.9 Å². The van der Waals surface area contributed by atoms with Gasteiger partial charge in [0.05, 0.1) is 0 Å². The fourth-order valence-corrected chi connectivity index (χ4v) is 8.49. The van der Waals surface area contributed by atoms with Gasteiger partial charge in [0.2, 0.25) is 0 Å². The minimum atomic E-state index is -0.775. The molecule has 1 atom stereocenters. The lowest BCUT2D eigenvalue weighted by molar-refractivity contribution is -0.167. The van der Waals surface area contributed by atoms with E-state index in [1.807, 2.05) is 0 Å². The summed E-state index contributed by atoms with van der Waals surface area (Å²) < 4.78 is 16.8. The van der Waals surface area contributed by atoms with Crippen LogP contribution in [0, 0.1) is 0 Å². The number of esters is 3. The van der Waals surface area contributed by atoms with E-state index in [9.17, 15) is 14.4 Å². The van der Waals surface area contributed by atoms with Crippen LogP contribution >= 0.6 is 0 Å². The number of hydrogen-bond donors (Lipinski definition) is 0. The highest BCUT2D eigenvalue weighted by Gasteiger charge is 2.19. The molecule has 0 aliphatic carbocycles. The van der Waals surface area contributed by atoms with Crippen molar-refractivity contribution in [3.63, 3.8) is 0 Å². The molecule has 0 saturated carbocycles. The molecular weight excluding hydrogens is 829 g/mol. The summed E-state index contributed by atoms with van der Waals surface area (Å²) in [5.41, 5.74) is 0. The van der Waals surface area contributed by atoms with Gasteiger partial charge in [-0.15, -0.1) is 0 Å². The SMILES string of the molecule is CC/C=C\C/C=C\C/C=C\C/C=C\CCCCCCCCC(=O)OC(COC(=O)CCCCCCCC)COC(=O)CCCCCCCCCCCCCCCCCCCCCCCCCC. The highest BCUT2D eigenvalue weighted by atomic mass is 16.6. The molecule has 0 aliphatic rings. The third-order valence-corrected chi connectivity index (χ3v) is 12.8. The first-order valence-electron chi connectivity index (χ1n) is 29.1. The first kappa shape index (κ1) is 64.4. The minimum absolute atomic E-state index is 0.0758. The maximum atomic E-state index is 12.8. The van der Waals surface area contributed by atoms with Gasteiger partial charge in [0.1, 0.15) is 13.2 Å². The van der Waals surface area contributed by atoms with Gasteiger partial charge in [-0.3, -0.25) is 14.4 Å². The van der Waals surface area contributed by atoms with Crippen molar-refractivity contribution in [3.8, 4) is 0 Å². The number of allylic oxidation sites excluding steroid dienone is 8. The molecule has 67 heavy (non-hydrogen) atoms. The molecule has 0 aliphatic heterocycles. The Morgan fingerprint density at radius 2 is 0.582 bits per heavy atom. The highest BCUT2D eigenvalue weighted by molar-refractivity contribution is 5.71. The summed E-state index contributed by atoms with van der Waals surface area (Å²) in [5, 5.41) is 0. The van der Waals surface area contributed by atoms with Crippen molar-refractivity contribution in [1.29, 1.82) is 0 Å². The van der Waals surface area contributed by atoms with Gasteiger partial charge in [0.25, 0.3) is 0 Å². The van der Waals surface area contributed by atoms with Gasteiger partial charge in [0, 0.05) is 19.3 Å². The number of rotatable bonds is 53. The van der Waals surface area contributed by atoms with Gasteiger partial charge in [-0.05, 0) is 57.8 Å². The second-order valence-corrected chi connectivity index (χ2v) is 19.5. The molecule has 0 amide bonds. The lowest BCUT2D eigenvalue weighted by atomic mass is 10.0. The third-order valence-electron chi connectivity index (χ3n) is 12.8. The summed E-state index contributed by atoms with van der Waals surface area (Å²) in [4.78, 5) is 37.9. The zero-order valence-corrected chi connectivity index (χ0v) is 44.7. The first-order valence-corrected chi connectivity index (χ1v) is 29.1. The molecule has 0 bridgehead atoms. The van der Waals surface area contributed by atoms with Gasteiger partial charge in [-0.1, -0.05) is 275 Å². The van der Waals surface area contributed by atoms with Crippen LogP contribution in [0.5, 0.6) is 0 Å². The van der Waals surface area contributed by atoms with Crippen LogP contribution in [0.25, 0.3) is 0 Å². The molecule has 0 aromatic carbocycles. The molecule has 0 heterocycles. The molecule has 0 N–H and O–H groups in total. The molecule has 0 saturated heterocycles. The lowest BCUT2D eigenvalue weighted by Gasteiger charge is -2.18. The predicted octanol–water partition coefficient (Wildman–Crippen LogP) is 19.4. The van der Waals surface area contributed by atoms with Crippen LogP contribution in [0.1, 0.15) is 303 Å². The molecule has 0 aromatic heterocycles. The topological polar surface area (TPSA) is 78.9 Å². The Labute approximate surface area is 416 Å². The van der Waals surface area contributed by atoms with Crippen LogP contribution in [-0.4, -0.2) is 37.2 Å². The summed E-state index contributed by atoms with van der Waals surface area (Å²) in [6.45, 7) is 6.49. The fourth-order valence-electron chi connectivity index (χ4n) is 8.49. The largest absolute Gasteiger partial charge is 0.462 e. The summed E-state index contributed by atoms with van der Waals surface area (Å²) >= 11 is 0. The molecule has 1 unspecified atom stereocenters. The average Bonchev–Trinajstić information content (AvgIpc) is 3.33. The van der Waals surface area contributed by atoms with Gasteiger partial charge in [0.15, 0.2) is 6.10 Å². The number of unbranched alkanes of at least 4 members (excludes halogenated alkanes) is 34. The van der Waals surface area contributed by atoms with Gasteiger partial charge in [-0.2, -0.15) is 0 Å². The number of carbonyl (C=O) groups excluding carboxylic acids is 3. The van der Waals surface area contributed by atoms with Crippen LogP contribution in [0.15, 0.2) is 48.6 Å². The summed E-state index contributed by atoms with van der Waals surface area (Å²) in [5.74, 6) is -0.886. The second-order valence-electron chi connectivity index (χ2n) is 19.5. The van der Waals surface area contributed by atoms with E-state index < -0.39 is 6.10 Å². The average molecular weight is 940 g/mol. The van der Waals surface area contributed by atoms with Crippen LogP contribution in [0.2, 0.25) is 0 Å². The molecule has 390 valence electrons. The van der Waals surface area contributed by atoms with E-state index in [1.54, 1.807) is 0 Å². The number of hydrogen-bond acceptors (Lipinski definition) is 6. The molecule has 0 spiro atoms. The number of ether oxygens (including phenoxy) is 3. The molecule has 0 rings (SSSR count). The van der Waals surface area contributed by atoms with E-state index in [2.05, 4.69) is 69.4 Å². The van der Waals surface area contributed by atoms with E-state index in [1.165, 1.54) is 167 Å². The first-order chi connectivity index (χ1) is 33.0. The van der Waals surface area contributed by atoms with Crippen LogP contribution in [-0.2, 0) is 28.6 Å². The minimum Gasteiger partial charge on any atom is -0.462 e. The van der Waals surface area contributed by atoms with E-state index in [-0.39, 0.29) is 31.1 Å². The summed E-state index contributed by atoms with van der Waals surface area (Å²) in [6, 6.07) is 0. The van der Waals surface area contributed by atoms with Crippen molar-refractivity contribution in [2.45, 2.75) is 309 Å². The molecule has 0 radical (unpaired) electrons. The Balaban J connectivity index is 4.10. The lowest BCUT2D eigenvalue weighted by Crippen LogP contribution is -2.30. The highest BCUT2D eigenvalue weighted by Crippen LogP contribution is 2.17. The standard InChI is InChI=1S/C61H110O6/c1-4-7-10-13-16-18-20-22-24-26-28-29-30-31-32-34-35-37-39-41-43-45-48-51-54-60(63)66-57-58(56-65-59(62)53-50-47-15-12-9-6-3)67-61(64)55-52-49-46-44-42-40-38-36-33-27-25-23-21-19-17-14-11-8-5-2/h8,11,17,19,23,25,33,36,58H,4-7,9-10,12-16,18,20-22,24,26-32,34-35,37-57H2,1-3H3/b11-8-,19-17-,25-23-,36-33-. The smallest absolute Gasteiger partial charge is 0.306 e. The Kier molecular flexibility index (Phi) is 53.8. The van der Waals surface area contributed by atoms with Crippen LogP contribution in [0.4, 0.5) is 0 Å².